The van der Waals surface area contributed by atoms with Gasteiger partial charge in [-0.05, 0) is 26.0 Å². The largest absolute Gasteiger partial charge is 0.461 e. The number of nitrogens with zero attached hydrogens (tertiary/aromatic N) is 2. The van der Waals surface area contributed by atoms with Crippen LogP contribution in [0, 0.1) is 11.6 Å². The van der Waals surface area contributed by atoms with Crippen LogP contribution in [-0.4, -0.2) is 40.5 Å². The van der Waals surface area contributed by atoms with E-state index in [2.05, 4.69) is 9.89 Å². The van der Waals surface area contributed by atoms with E-state index in [9.17, 15) is 18.4 Å². The van der Waals surface area contributed by atoms with Gasteiger partial charge in [-0.2, -0.15) is 0 Å². The number of hydrogen-bond donors (Lipinski definition) is 2. The minimum absolute atomic E-state index is 0.00499. The third kappa shape index (κ3) is 3.55. The lowest BCUT2D eigenvalue weighted by atomic mass is 10.1. The molecular formula is C13H15F2N3O4. The first kappa shape index (κ1) is 17.5. The molecule has 1 atom stereocenters. The van der Waals surface area contributed by atoms with Crippen LogP contribution >= 0.6 is 0 Å². The molecule has 0 saturated heterocycles. The van der Waals surface area contributed by atoms with Crippen LogP contribution in [0.15, 0.2) is 23.4 Å². The number of esters is 1. The molecule has 1 amide bonds. The van der Waals surface area contributed by atoms with Crippen molar-refractivity contribution < 1.29 is 28.3 Å². The van der Waals surface area contributed by atoms with E-state index in [0.29, 0.717) is 5.01 Å². The van der Waals surface area contributed by atoms with Gasteiger partial charge < -0.3 is 9.94 Å². The number of rotatable bonds is 5. The van der Waals surface area contributed by atoms with Crippen LogP contribution in [0.5, 0.6) is 0 Å². The van der Waals surface area contributed by atoms with E-state index >= 15 is 0 Å². The van der Waals surface area contributed by atoms with Gasteiger partial charge in [-0.1, -0.05) is 11.2 Å². The molecule has 0 fully saturated rings. The number of benzene rings is 1. The Morgan fingerprint density at radius 3 is 2.41 bits per heavy atom. The van der Waals surface area contributed by atoms with Gasteiger partial charge in [0.15, 0.2) is 5.71 Å². The number of halogens is 2. The normalized spacial score (nSPS) is 12.7. The quantitative estimate of drug-likeness (QED) is 0.211. The number of hydrogen-bond acceptors (Lipinski definition) is 6. The van der Waals surface area contributed by atoms with E-state index in [1.54, 1.807) is 0 Å². The molecule has 3 N–H and O–H groups in total. The number of amides is 1. The molecule has 22 heavy (non-hydrogen) atoms. The molecule has 1 aromatic rings. The highest BCUT2D eigenvalue weighted by molar-refractivity contribution is 6.38. The summed E-state index contributed by atoms with van der Waals surface area (Å²) in [6, 6.07) is 1.60. The minimum Gasteiger partial charge on any atom is -0.461 e. The maximum Gasteiger partial charge on any atom is 0.358 e. The fourth-order valence-corrected chi connectivity index (χ4v) is 1.64. The Morgan fingerprint density at radius 2 is 1.95 bits per heavy atom. The fraction of sp³-hybridized carbons (Fsp3) is 0.308. The predicted molar refractivity (Wildman–Crippen MR) is 72.0 cm³/mol. The van der Waals surface area contributed by atoms with Crippen molar-refractivity contribution in [2.75, 3.05) is 6.61 Å². The Kier molecular flexibility index (Phi) is 5.93. The third-order valence-electron chi connectivity index (χ3n) is 2.82. The summed E-state index contributed by atoms with van der Waals surface area (Å²) in [6.07, 6.45) is 0. The van der Waals surface area contributed by atoms with Gasteiger partial charge in [0, 0.05) is 0 Å². The molecule has 7 nitrogen and oxygen atoms in total. The Hall–Kier alpha value is -2.55. The van der Waals surface area contributed by atoms with E-state index in [4.69, 9.17) is 11.0 Å². The number of carbonyl (C=O) groups is 2. The molecule has 0 aromatic heterocycles. The van der Waals surface area contributed by atoms with E-state index in [0.717, 1.165) is 18.2 Å². The average molecular weight is 315 g/mol. The first-order chi connectivity index (χ1) is 10.3. The van der Waals surface area contributed by atoms with Crippen LogP contribution in [0.2, 0.25) is 0 Å². The minimum atomic E-state index is -1.27. The Balaban J connectivity index is 3.06. The van der Waals surface area contributed by atoms with Crippen molar-refractivity contribution in [3.63, 3.8) is 0 Å². The zero-order valence-corrected chi connectivity index (χ0v) is 11.9. The molecule has 9 heteroatoms. The SMILES string of the molecule is CCOC(=O)/C(=N/O)C(C)N(N)C(=O)c1c(F)cccc1F. The van der Waals surface area contributed by atoms with Crippen LogP contribution in [0.4, 0.5) is 8.78 Å². The second-order valence-corrected chi connectivity index (χ2v) is 4.19. The van der Waals surface area contributed by atoms with Crippen molar-refractivity contribution >= 4 is 17.6 Å². The first-order valence-corrected chi connectivity index (χ1v) is 6.26. The van der Waals surface area contributed by atoms with Crippen molar-refractivity contribution in [2.24, 2.45) is 11.0 Å². The van der Waals surface area contributed by atoms with Crippen LogP contribution < -0.4 is 5.84 Å². The van der Waals surface area contributed by atoms with Crippen LogP contribution in [0.3, 0.4) is 0 Å². The highest BCUT2D eigenvalue weighted by Crippen LogP contribution is 2.15. The lowest BCUT2D eigenvalue weighted by Crippen LogP contribution is -2.50. The Morgan fingerprint density at radius 1 is 1.41 bits per heavy atom. The monoisotopic (exact) mass is 315 g/mol. The average Bonchev–Trinajstić information content (AvgIpc) is 2.47. The number of carbonyl (C=O) groups excluding carboxylic acids is 2. The van der Waals surface area contributed by atoms with E-state index in [1.807, 2.05) is 0 Å². The number of hydrazine groups is 1. The predicted octanol–water partition coefficient (Wildman–Crippen LogP) is 1.06. The first-order valence-electron chi connectivity index (χ1n) is 6.26. The van der Waals surface area contributed by atoms with Crippen molar-refractivity contribution in [1.29, 1.82) is 0 Å². The van der Waals surface area contributed by atoms with Crippen LogP contribution in [0.25, 0.3) is 0 Å². The molecule has 1 unspecified atom stereocenters. The molecule has 1 rings (SSSR count). The molecule has 0 spiro atoms. The molecule has 0 aliphatic rings. The zero-order valence-electron chi connectivity index (χ0n) is 11.9. The molecule has 0 saturated carbocycles. The standard InChI is InChI=1S/C13H15F2N3O4/c1-3-22-13(20)11(17-21)7(2)18(16)12(19)10-8(14)5-4-6-9(10)15/h4-7,21H,3,16H2,1-2H3/b17-11+. The molecule has 0 bridgehead atoms. The number of nitrogens with two attached hydrogens (primary N) is 1. The molecule has 1 aromatic carbocycles. The summed E-state index contributed by atoms with van der Waals surface area (Å²) in [5.41, 5.74) is -1.45. The lowest BCUT2D eigenvalue weighted by Gasteiger charge is -2.24. The summed E-state index contributed by atoms with van der Waals surface area (Å²) >= 11 is 0. The fourth-order valence-electron chi connectivity index (χ4n) is 1.64. The molecule has 0 radical (unpaired) electrons. The van der Waals surface area contributed by atoms with Gasteiger partial charge in [0.25, 0.3) is 5.91 Å². The Bertz CT molecular complexity index is 587. The topological polar surface area (TPSA) is 105 Å². The molecule has 120 valence electrons. The molecule has 0 heterocycles. The summed E-state index contributed by atoms with van der Waals surface area (Å²) in [5.74, 6) is 1.06. The van der Waals surface area contributed by atoms with Gasteiger partial charge >= 0.3 is 5.97 Å². The summed E-state index contributed by atoms with van der Waals surface area (Å²) in [6.45, 7) is 2.77. The van der Waals surface area contributed by atoms with Crippen molar-refractivity contribution in [1.82, 2.24) is 5.01 Å². The summed E-state index contributed by atoms with van der Waals surface area (Å²) in [4.78, 5) is 23.6. The summed E-state index contributed by atoms with van der Waals surface area (Å²) < 4.78 is 31.8. The van der Waals surface area contributed by atoms with E-state index in [-0.39, 0.29) is 6.61 Å². The van der Waals surface area contributed by atoms with Gasteiger partial charge in [0.2, 0.25) is 0 Å². The van der Waals surface area contributed by atoms with Crippen LogP contribution in [-0.2, 0) is 9.53 Å². The third-order valence-corrected chi connectivity index (χ3v) is 2.82. The van der Waals surface area contributed by atoms with Gasteiger partial charge in [-0.15, -0.1) is 0 Å². The molecule has 0 aliphatic heterocycles. The van der Waals surface area contributed by atoms with Gasteiger partial charge in [-0.25, -0.2) is 19.4 Å². The molecular weight excluding hydrogens is 300 g/mol. The number of ether oxygens (including phenoxy) is 1. The van der Waals surface area contributed by atoms with Crippen molar-refractivity contribution in [3.8, 4) is 0 Å². The van der Waals surface area contributed by atoms with Gasteiger partial charge in [-0.3, -0.25) is 9.80 Å². The number of oxime groups is 1. The lowest BCUT2D eigenvalue weighted by molar-refractivity contribution is -0.135. The maximum absolute atomic E-state index is 13.6. The second-order valence-electron chi connectivity index (χ2n) is 4.19. The van der Waals surface area contributed by atoms with E-state index < -0.39 is 40.8 Å². The smallest absolute Gasteiger partial charge is 0.358 e. The van der Waals surface area contributed by atoms with Crippen LogP contribution in [0.1, 0.15) is 24.2 Å². The summed E-state index contributed by atoms with van der Waals surface area (Å²) in [7, 11) is 0. The van der Waals surface area contributed by atoms with Crippen molar-refractivity contribution in [2.45, 2.75) is 19.9 Å². The highest BCUT2D eigenvalue weighted by atomic mass is 19.1. The second kappa shape index (κ2) is 7.46. The molecule has 0 aliphatic carbocycles. The van der Waals surface area contributed by atoms with E-state index in [1.165, 1.54) is 13.8 Å². The van der Waals surface area contributed by atoms with Gasteiger partial charge in [0.1, 0.15) is 17.2 Å². The van der Waals surface area contributed by atoms with Crippen molar-refractivity contribution in [3.05, 3.63) is 35.4 Å². The zero-order chi connectivity index (χ0) is 16.9. The van der Waals surface area contributed by atoms with Gasteiger partial charge in [0.05, 0.1) is 12.6 Å². The summed E-state index contributed by atoms with van der Waals surface area (Å²) in [5, 5.41) is 12.0. The Labute approximate surface area is 124 Å². The maximum atomic E-state index is 13.6. The highest BCUT2D eigenvalue weighted by Gasteiger charge is 2.31.